The zero-order valence-corrected chi connectivity index (χ0v) is 21.5. The number of rotatable bonds is 8. The molecule has 0 aliphatic rings. The van der Waals surface area contributed by atoms with E-state index in [1.165, 1.54) is 23.0 Å². The van der Waals surface area contributed by atoms with Crippen molar-refractivity contribution in [1.29, 1.82) is 0 Å². The van der Waals surface area contributed by atoms with Crippen LogP contribution in [0.2, 0.25) is 0 Å². The lowest BCUT2D eigenvalue weighted by molar-refractivity contribution is -0.385. The quantitative estimate of drug-likeness (QED) is 0.180. The number of amides is 1. The molecule has 4 aromatic rings. The summed E-state index contributed by atoms with van der Waals surface area (Å²) < 4.78 is 7.34. The third-order valence-corrected chi connectivity index (χ3v) is 5.76. The highest BCUT2D eigenvalue weighted by atomic mass is 79.9. The van der Waals surface area contributed by atoms with E-state index in [9.17, 15) is 19.7 Å². The molecule has 1 heterocycles. The highest BCUT2D eigenvalue weighted by Gasteiger charge is 2.18. The molecule has 0 atom stereocenters. The van der Waals surface area contributed by atoms with E-state index in [2.05, 4.69) is 31.3 Å². The fourth-order valence-electron chi connectivity index (χ4n) is 3.52. The Morgan fingerprint density at radius 2 is 1.95 bits per heavy atom. The number of aromatic nitrogens is 2. The predicted molar refractivity (Wildman–Crippen MR) is 144 cm³/mol. The molecule has 11 heteroatoms. The highest BCUT2D eigenvalue weighted by Crippen LogP contribution is 2.28. The lowest BCUT2D eigenvalue weighted by Gasteiger charge is -2.12. The minimum Gasteiger partial charge on any atom is -0.477 e. The maximum Gasteiger partial charge on any atom is 0.311 e. The molecule has 4 rings (SSSR count). The van der Waals surface area contributed by atoms with Crippen LogP contribution >= 0.6 is 15.9 Å². The van der Waals surface area contributed by atoms with E-state index in [-0.39, 0.29) is 22.9 Å². The molecule has 0 fully saturated rings. The van der Waals surface area contributed by atoms with Crippen molar-refractivity contribution in [3.8, 4) is 5.75 Å². The van der Waals surface area contributed by atoms with Crippen LogP contribution in [0.4, 0.5) is 11.4 Å². The van der Waals surface area contributed by atoms with Gasteiger partial charge in [-0.3, -0.25) is 19.7 Å². The number of anilines is 1. The Bertz CT molecular complexity index is 1570. The van der Waals surface area contributed by atoms with Gasteiger partial charge in [0.2, 0.25) is 0 Å². The second-order valence-electron chi connectivity index (χ2n) is 8.33. The molecule has 0 saturated carbocycles. The fraction of sp³-hybridized carbons (Fsp3) is 0.154. The Morgan fingerprint density at radius 3 is 2.65 bits per heavy atom. The number of hydrogen-bond donors (Lipinski definition) is 1. The van der Waals surface area contributed by atoms with Gasteiger partial charge >= 0.3 is 5.69 Å². The van der Waals surface area contributed by atoms with Gasteiger partial charge in [0.05, 0.1) is 22.0 Å². The van der Waals surface area contributed by atoms with E-state index >= 15 is 0 Å². The summed E-state index contributed by atoms with van der Waals surface area (Å²) in [6, 6.07) is 18.2. The van der Waals surface area contributed by atoms with Crippen LogP contribution in [0.15, 0.2) is 81.1 Å². The summed E-state index contributed by atoms with van der Waals surface area (Å²) in [4.78, 5) is 41.0. The lowest BCUT2D eigenvalue weighted by Crippen LogP contribution is -2.23. The van der Waals surface area contributed by atoms with E-state index in [1.807, 2.05) is 19.9 Å². The molecule has 0 aliphatic heterocycles. The number of nitrogens with one attached hydrogen (secondary N) is 1. The van der Waals surface area contributed by atoms with E-state index in [1.54, 1.807) is 48.5 Å². The molecule has 37 heavy (non-hydrogen) atoms. The van der Waals surface area contributed by atoms with Crippen molar-refractivity contribution in [2.45, 2.75) is 19.8 Å². The predicted octanol–water partition coefficient (Wildman–Crippen LogP) is 5.09. The zero-order chi connectivity index (χ0) is 26.5. The maximum atomic E-state index is 13.2. The third kappa shape index (κ3) is 6.07. The molecular formula is C26H22BrN5O5. The minimum absolute atomic E-state index is 0.0670. The third-order valence-electron chi connectivity index (χ3n) is 5.27. The molecule has 1 aromatic heterocycles. The smallest absolute Gasteiger partial charge is 0.311 e. The molecule has 3 aromatic carbocycles. The van der Waals surface area contributed by atoms with Crippen molar-refractivity contribution >= 4 is 50.3 Å². The molecule has 0 unspecified atom stereocenters. The molecule has 188 valence electrons. The second kappa shape index (κ2) is 11.1. The van der Waals surface area contributed by atoms with Gasteiger partial charge in [-0.2, -0.15) is 9.78 Å². The van der Waals surface area contributed by atoms with Crippen LogP contribution in [0, 0.1) is 10.1 Å². The summed E-state index contributed by atoms with van der Waals surface area (Å²) in [5.41, 5.74) is 0.808. The number of nitro groups is 1. The number of halogens is 1. The normalized spacial score (nSPS) is 11.2. The largest absolute Gasteiger partial charge is 0.477 e. The van der Waals surface area contributed by atoms with Gasteiger partial charge in [0, 0.05) is 27.7 Å². The fourth-order valence-corrected chi connectivity index (χ4v) is 3.88. The summed E-state index contributed by atoms with van der Waals surface area (Å²) in [5, 5.41) is 19.0. The number of carbonyl (C=O) groups is 1. The van der Waals surface area contributed by atoms with Crippen molar-refractivity contribution < 1.29 is 14.5 Å². The highest BCUT2D eigenvalue weighted by molar-refractivity contribution is 9.10. The first kappa shape index (κ1) is 25.7. The topological polar surface area (TPSA) is 129 Å². The van der Waals surface area contributed by atoms with Crippen LogP contribution in [-0.2, 0) is 4.79 Å². The summed E-state index contributed by atoms with van der Waals surface area (Å²) in [6.45, 7) is 3.38. The van der Waals surface area contributed by atoms with Gasteiger partial charge in [0.15, 0.2) is 12.4 Å². The number of nitro benzene ring substituents is 1. The van der Waals surface area contributed by atoms with Gasteiger partial charge in [-0.1, -0.05) is 48.0 Å². The number of hydrogen-bond acceptors (Lipinski definition) is 7. The molecule has 1 amide bonds. The van der Waals surface area contributed by atoms with E-state index in [4.69, 9.17) is 4.74 Å². The number of nitrogens with zero attached hydrogens (tertiary/aromatic N) is 4. The first-order chi connectivity index (χ1) is 17.7. The van der Waals surface area contributed by atoms with Crippen LogP contribution in [0.3, 0.4) is 0 Å². The molecule has 10 nitrogen and oxygen atoms in total. The number of para-hydroxylation sites is 1. The Hall–Kier alpha value is -4.38. The van der Waals surface area contributed by atoms with Gasteiger partial charge in [0.1, 0.15) is 5.82 Å². The molecule has 0 spiro atoms. The van der Waals surface area contributed by atoms with Crippen molar-refractivity contribution in [1.82, 2.24) is 9.66 Å². The van der Waals surface area contributed by atoms with Crippen molar-refractivity contribution in [2.24, 2.45) is 5.10 Å². The first-order valence-electron chi connectivity index (χ1n) is 11.3. The number of carbonyl (C=O) groups excluding carboxylic acids is 1. The lowest BCUT2D eigenvalue weighted by atomic mass is 10.2. The Balaban J connectivity index is 1.59. The van der Waals surface area contributed by atoms with Crippen LogP contribution in [0.5, 0.6) is 5.75 Å². The average Bonchev–Trinajstić information content (AvgIpc) is 2.87. The van der Waals surface area contributed by atoms with Gasteiger partial charge in [-0.25, -0.2) is 4.98 Å². The van der Waals surface area contributed by atoms with Gasteiger partial charge in [0.25, 0.3) is 11.5 Å². The van der Waals surface area contributed by atoms with Crippen molar-refractivity contribution in [2.75, 3.05) is 11.9 Å². The maximum absolute atomic E-state index is 13.2. The summed E-state index contributed by atoms with van der Waals surface area (Å²) in [5.74, 6) is -0.176. The van der Waals surface area contributed by atoms with Gasteiger partial charge in [-0.15, -0.1) is 0 Å². The number of ether oxygens (including phenoxy) is 1. The summed E-state index contributed by atoms with van der Waals surface area (Å²) in [6.07, 6.45) is 1.34. The summed E-state index contributed by atoms with van der Waals surface area (Å²) >= 11 is 3.37. The molecule has 1 N–H and O–H groups in total. The Morgan fingerprint density at radius 1 is 1.19 bits per heavy atom. The van der Waals surface area contributed by atoms with Crippen LogP contribution in [0.25, 0.3) is 10.9 Å². The van der Waals surface area contributed by atoms with Crippen LogP contribution in [0.1, 0.15) is 31.2 Å². The van der Waals surface area contributed by atoms with Crippen LogP contribution in [-0.4, -0.2) is 33.3 Å². The number of fused-ring (bicyclic) bond motifs is 1. The minimum atomic E-state index is -0.609. The van der Waals surface area contributed by atoms with Gasteiger partial charge in [-0.05, 0) is 42.5 Å². The standard InChI is InChI=1S/C26H22BrN5O5/c1-16(2)25-30-21-10-9-18(27)13-20(21)26(34)31(25)28-14-17-8-11-23(22(12-17)32(35)36)37-15-24(33)29-19-6-4-3-5-7-19/h3-14,16H,15H2,1-2H3,(H,29,33). The van der Waals surface area contributed by atoms with Crippen LogP contribution < -0.4 is 15.6 Å². The number of benzene rings is 3. The van der Waals surface area contributed by atoms with E-state index in [0.29, 0.717) is 28.0 Å². The molecular weight excluding hydrogens is 542 g/mol. The molecule has 0 aliphatic carbocycles. The van der Waals surface area contributed by atoms with Gasteiger partial charge < -0.3 is 10.1 Å². The Kier molecular flexibility index (Phi) is 7.73. The Labute approximate surface area is 219 Å². The van der Waals surface area contributed by atoms with E-state index in [0.717, 1.165) is 4.47 Å². The molecule has 0 radical (unpaired) electrons. The summed E-state index contributed by atoms with van der Waals surface area (Å²) in [7, 11) is 0. The van der Waals surface area contributed by atoms with E-state index < -0.39 is 17.4 Å². The second-order valence-corrected chi connectivity index (χ2v) is 9.25. The zero-order valence-electron chi connectivity index (χ0n) is 19.9. The monoisotopic (exact) mass is 563 g/mol. The first-order valence-corrected chi connectivity index (χ1v) is 12.0. The molecule has 0 saturated heterocycles. The SMILES string of the molecule is CC(C)c1nc2ccc(Br)cc2c(=O)n1N=Cc1ccc(OCC(=O)Nc2ccccc2)c([N+](=O)[O-])c1. The average molecular weight is 564 g/mol. The molecule has 0 bridgehead atoms. The van der Waals surface area contributed by atoms with Crippen molar-refractivity contribution in [3.63, 3.8) is 0 Å². The van der Waals surface area contributed by atoms with Crippen molar-refractivity contribution in [3.05, 3.63) is 103 Å².